The van der Waals surface area contributed by atoms with E-state index in [1.807, 2.05) is 0 Å². The molecule has 13 heavy (non-hydrogen) atoms. The van der Waals surface area contributed by atoms with E-state index in [0.29, 0.717) is 12.8 Å². The quantitative estimate of drug-likeness (QED) is 0.577. The van der Waals surface area contributed by atoms with Gasteiger partial charge in [-0.2, -0.15) is 0 Å². The molecule has 2 atom stereocenters. The van der Waals surface area contributed by atoms with Crippen LogP contribution in [0.5, 0.6) is 0 Å². The minimum atomic E-state index is -0.983. The Labute approximate surface area is 77.1 Å². The fourth-order valence-electron chi connectivity index (χ4n) is 1.65. The number of carbonyl (C=O) groups excluding carboxylic acids is 1. The van der Waals surface area contributed by atoms with Gasteiger partial charge >= 0.3 is 6.09 Å². The number of carbonyl (C=O) groups is 1. The van der Waals surface area contributed by atoms with Gasteiger partial charge in [0.25, 0.3) is 0 Å². The third kappa shape index (κ3) is 2.36. The van der Waals surface area contributed by atoms with Crippen molar-refractivity contribution in [1.82, 2.24) is 0 Å². The summed E-state index contributed by atoms with van der Waals surface area (Å²) in [4.78, 5) is 10.6. The molecule has 1 aliphatic carbocycles. The minimum absolute atomic E-state index is 0.284. The van der Waals surface area contributed by atoms with E-state index in [-0.39, 0.29) is 6.42 Å². The first kappa shape index (κ1) is 9.87. The summed E-state index contributed by atoms with van der Waals surface area (Å²) >= 11 is 0. The second kappa shape index (κ2) is 3.67. The smallest absolute Gasteiger partial charge is 0.406 e. The second-order valence-corrected chi connectivity index (χ2v) is 3.31. The molecule has 1 saturated carbocycles. The van der Waals surface area contributed by atoms with Gasteiger partial charge in [0, 0.05) is 6.42 Å². The third-order valence-electron chi connectivity index (χ3n) is 2.24. The largest absolute Gasteiger partial charge is 0.430 e. The van der Waals surface area contributed by atoms with Crippen LogP contribution in [-0.4, -0.2) is 22.9 Å². The van der Waals surface area contributed by atoms with Crippen LogP contribution in [0.3, 0.4) is 0 Å². The van der Waals surface area contributed by atoms with E-state index in [1.54, 1.807) is 0 Å². The summed E-state index contributed by atoms with van der Waals surface area (Å²) in [6.07, 6.45) is 6.18. The lowest BCUT2D eigenvalue weighted by atomic mass is 9.83. The van der Waals surface area contributed by atoms with Crippen molar-refractivity contribution in [2.45, 2.75) is 37.4 Å². The highest BCUT2D eigenvalue weighted by Gasteiger charge is 2.37. The lowest BCUT2D eigenvalue weighted by molar-refractivity contribution is -0.0144. The van der Waals surface area contributed by atoms with Crippen molar-refractivity contribution in [3.05, 3.63) is 0 Å². The summed E-state index contributed by atoms with van der Waals surface area (Å²) in [6, 6.07) is 0. The van der Waals surface area contributed by atoms with E-state index in [9.17, 15) is 9.90 Å². The van der Waals surface area contributed by atoms with Crippen LogP contribution < -0.4 is 5.73 Å². The minimum Gasteiger partial charge on any atom is -0.430 e. The van der Waals surface area contributed by atoms with Gasteiger partial charge in [0.05, 0.1) is 6.10 Å². The molecule has 4 heteroatoms. The average molecular weight is 183 g/mol. The standard InChI is InChI=1S/C9H13NO3/c1-2-9(13-8(10)12)5-3-4-7(11)6-9/h1,7,11H,3-6H2,(H2,10,12)/t7-,9-/m1/s1. The molecule has 1 aliphatic rings. The van der Waals surface area contributed by atoms with Gasteiger partial charge in [-0.3, -0.25) is 0 Å². The van der Waals surface area contributed by atoms with E-state index >= 15 is 0 Å². The molecule has 4 nitrogen and oxygen atoms in total. The zero-order valence-corrected chi connectivity index (χ0v) is 7.32. The van der Waals surface area contributed by atoms with Crippen LogP contribution in [0, 0.1) is 12.3 Å². The highest BCUT2D eigenvalue weighted by atomic mass is 16.6. The number of primary amides is 1. The van der Waals surface area contributed by atoms with Crippen molar-refractivity contribution in [3.63, 3.8) is 0 Å². The van der Waals surface area contributed by atoms with Crippen molar-refractivity contribution in [2.75, 3.05) is 0 Å². The highest BCUT2D eigenvalue weighted by Crippen LogP contribution is 2.31. The zero-order chi connectivity index (χ0) is 9.90. The Kier molecular flexibility index (Phi) is 2.79. The van der Waals surface area contributed by atoms with Gasteiger partial charge in [0.1, 0.15) is 0 Å². The van der Waals surface area contributed by atoms with Gasteiger partial charge in [-0.05, 0) is 19.3 Å². The van der Waals surface area contributed by atoms with Crippen LogP contribution >= 0.6 is 0 Å². The Morgan fingerprint density at radius 2 is 2.46 bits per heavy atom. The molecule has 0 unspecified atom stereocenters. The molecule has 1 fully saturated rings. The van der Waals surface area contributed by atoms with Crippen LogP contribution in [0.25, 0.3) is 0 Å². The number of amides is 1. The Bertz CT molecular complexity index is 246. The summed E-state index contributed by atoms with van der Waals surface area (Å²) in [5.74, 6) is 2.40. The molecule has 1 rings (SSSR count). The molecule has 0 heterocycles. The molecule has 0 aliphatic heterocycles. The normalized spacial score (nSPS) is 33.4. The molecule has 0 aromatic heterocycles. The molecule has 0 aromatic rings. The van der Waals surface area contributed by atoms with Crippen LogP contribution in [0.1, 0.15) is 25.7 Å². The SMILES string of the molecule is C#C[C@@]1(OC(N)=O)CCC[C@@H](O)C1. The molecular weight excluding hydrogens is 170 g/mol. The molecule has 1 amide bonds. The second-order valence-electron chi connectivity index (χ2n) is 3.31. The van der Waals surface area contributed by atoms with Gasteiger partial charge in [-0.25, -0.2) is 4.79 Å². The van der Waals surface area contributed by atoms with Gasteiger partial charge in [0.15, 0.2) is 5.60 Å². The molecule has 3 N–H and O–H groups in total. The van der Waals surface area contributed by atoms with Crippen LogP contribution in [0.4, 0.5) is 4.79 Å². The topological polar surface area (TPSA) is 72.5 Å². The predicted molar refractivity (Wildman–Crippen MR) is 46.7 cm³/mol. The number of terminal acetylenes is 1. The summed E-state index contributed by atoms with van der Waals surface area (Å²) in [7, 11) is 0. The van der Waals surface area contributed by atoms with Crippen molar-refractivity contribution < 1.29 is 14.6 Å². The summed E-state index contributed by atoms with van der Waals surface area (Å²) in [5.41, 5.74) is 3.91. The zero-order valence-electron chi connectivity index (χ0n) is 7.32. The Hall–Kier alpha value is -1.21. The van der Waals surface area contributed by atoms with E-state index in [0.717, 1.165) is 6.42 Å². The molecule has 0 bridgehead atoms. The molecule has 0 aromatic carbocycles. The summed E-state index contributed by atoms with van der Waals surface area (Å²) in [6.45, 7) is 0. The van der Waals surface area contributed by atoms with Crippen molar-refractivity contribution in [1.29, 1.82) is 0 Å². The number of hydrogen-bond donors (Lipinski definition) is 2. The first-order valence-corrected chi connectivity index (χ1v) is 4.22. The Balaban J connectivity index is 2.69. The average Bonchev–Trinajstić information content (AvgIpc) is 2.03. The fourth-order valence-corrected chi connectivity index (χ4v) is 1.65. The van der Waals surface area contributed by atoms with Crippen LogP contribution in [0.2, 0.25) is 0 Å². The van der Waals surface area contributed by atoms with Crippen LogP contribution in [-0.2, 0) is 4.74 Å². The van der Waals surface area contributed by atoms with Crippen molar-refractivity contribution in [3.8, 4) is 12.3 Å². The number of ether oxygens (including phenoxy) is 1. The van der Waals surface area contributed by atoms with E-state index in [2.05, 4.69) is 5.92 Å². The van der Waals surface area contributed by atoms with Crippen molar-refractivity contribution in [2.24, 2.45) is 5.73 Å². The highest BCUT2D eigenvalue weighted by molar-refractivity contribution is 5.65. The third-order valence-corrected chi connectivity index (χ3v) is 2.24. The van der Waals surface area contributed by atoms with Gasteiger partial charge in [-0.15, -0.1) is 6.42 Å². The van der Waals surface area contributed by atoms with Gasteiger partial charge in [-0.1, -0.05) is 5.92 Å². The van der Waals surface area contributed by atoms with Crippen molar-refractivity contribution >= 4 is 6.09 Å². The molecule has 0 saturated heterocycles. The molecule has 0 radical (unpaired) electrons. The Morgan fingerprint density at radius 1 is 1.77 bits per heavy atom. The maximum atomic E-state index is 10.6. The molecule has 72 valence electrons. The number of aliphatic hydroxyl groups excluding tert-OH is 1. The predicted octanol–water partition coefficient (Wildman–Crippen LogP) is 0.389. The summed E-state index contributed by atoms with van der Waals surface area (Å²) < 4.78 is 4.84. The van der Waals surface area contributed by atoms with Crippen LogP contribution in [0.15, 0.2) is 0 Å². The monoisotopic (exact) mass is 183 g/mol. The van der Waals surface area contributed by atoms with E-state index < -0.39 is 17.8 Å². The maximum absolute atomic E-state index is 10.6. The first-order valence-electron chi connectivity index (χ1n) is 4.22. The molecular formula is C9H13NO3. The lowest BCUT2D eigenvalue weighted by Gasteiger charge is -2.33. The van der Waals surface area contributed by atoms with Gasteiger partial charge in [0.2, 0.25) is 0 Å². The molecule has 0 spiro atoms. The fraction of sp³-hybridized carbons (Fsp3) is 0.667. The number of rotatable bonds is 1. The van der Waals surface area contributed by atoms with E-state index in [1.165, 1.54) is 0 Å². The number of hydrogen-bond acceptors (Lipinski definition) is 3. The lowest BCUT2D eigenvalue weighted by Crippen LogP contribution is -2.41. The maximum Gasteiger partial charge on any atom is 0.406 e. The van der Waals surface area contributed by atoms with E-state index in [4.69, 9.17) is 16.9 Å². The van der Waals surface area contributed by atoms with Gasteiger partial charge < -0.3 is 15.6 Å². The number of aliphatic hydroxyl groups is 1. The summed E-state index contributed by atoms with van der Waals surface area (Å²) in [5, 5.41) is 9.36. The Morgan fingerprint density at radius 3 is 2.92 bits per heavy atom. The first-order chi connectivity index (χ1) is 6.08. The number of nitrogens with two attached hydrogens (primary N) is 1.